The maximum atomic E-state index is 9.52. The van der Waals surface area contributed by atoms with Crippen molar-refractivity contribution < 1.29 is 5.11 Å². The first kappa shape index (κ1) is 13.1. The maximum absolute atomic E-state index is 9.52. The lowest BCUT2D eigenvalue weighted by Crippen LogP contribution is -2.44. The molecule has 19 heavy (non-hydrogen) atoms. The van der Waals surface area contributed by atoms with E-state index in [-0.39, 0.29) is 5.41 Å². The van der Waals surface area contributed by atoms with E-state index >= 15 is 0 Å². The first-order valence-corrected chi connectivity index (χ1v) is 7.46. The summed E-state index contributed by atoms with van der Waals surface area (Å²) in [6.45, 7) is 6.02. The molecular weight excluding hydrogens is 236 g/mol. The summed E-state index contributed by atoms with van der Waals surface area (Å²) >= 11 is 0. The number of hydrogen-bond donors (Lipinski definition) is 2. The van der Waals surface area contributed by atoms with Gasteiger partial charge in [-0.2, -0.15) is 0 Å². The molecule has 1 aromatic carbocycles. The zero-order valence-electron chi connectivity index (χ0n) is 11.6. The molecule has 1 aliphatic heterocycles. The smallest absolute Gasteiger partial charge is 0.0527 e. The molecule has 0 amide bonds. The maximum Gasteiger partial charge on any atom is 0.0527 e. The van der Waals surface area contributed by atoms with Crippen molar-refractivity contribution in [3.63, 3.8) is 0 Å². The fraction of sp³-hybridized carbons (Fsp3) is 0.625. The van der Waals surface area contributed by atoms with Crippen LogP contribution in [0.15, 0.2) is 24.3 Å². The van der Waals surface area contributed by atoms with Crippen LogP contribution in [0.4, 0.5) is 0 Å². The fourth-order valence-electron chi connectivity index (χ4n) is 2.97. The Labute approximate surface area is 115 Å². The van der Waals surface area contributed by atoms with Gasteiger partial charge in [0.2, 0.25) is 0 Å². The van der Waals surface area contributed by atoms with Crippen LogP contribution in [0.3, 0.4) is 0 Å². The highest BCUT2D eigenvalue weighted by molar-refractivity contribution is 5.34. The molecule has 2 fully saturated rings. The highest BCUT2D eigenvalue weighted by atomic mass is 16.3. The Kier molecular flexibility index (Phi) is 3.87. The Bertz CT molecular complexity index is 423. The van der Waals surface area contributed by atoms with Crippen LogP contribution in [-0.2, 0) is 11.8 Å². The SMILES string of the molecule is OCC1(c2cccc(CCN3CCNCC3)c2)CC1. The second-order valence-corrected chi connectivity index (χ2v) is 5.98. The van der Waals surface area contributed by atoms with Gasteiger partial charge in [-0.15, -0.1) is 0 Å². The molecule has 0 atom stereocenters. The van der Waals surface area contributed by atoms with Gasteiger partial charge in [-0.05, 0) is 30.4 Å². The third kappa shape index (κ3) is 2.99. The van der Waals surface area contributed by atoms with Crippen LogP contribution in [0, 0.1) is 0 Å². The first-order valence-electron chi connectivity index (χ1n) is 7.46. The Morgan fingerprint density at radius 3 is 2.68 bits per heavy atom. The van der Waals surface area contributed by atoms with Crippen molar-refractivity contribution in [1.29, 1.82) is 0 Å². The Morgan fingerprint density at radius 2 is 2.00 bits per heavy atom. The van der Waals surface area contributed by atoms with Gasteiger partial charge in [0.05, 0.1) is 6.61 Å². The van der Waals surface area contributed by atoms with E-state index in [0.29, 0.717) is 6.61 Å². The molecular formula is C16H24N2O. The quantitative estimate of drug-likeness (QED) is 0.834. The molecule has 3 heteroatoms. The Morgan fingerprint density at radius 1 is 1.21 bits per heavy atom. The minimum atomic E-state index is 0.102. The fourth-order valence-corrected chi connectivity index (χ4v) is 2.97. The highest BCUT2D eigenvalue weighted by Crippen LogP contribution is 2.47. The number of benzene rings is 1. The van der Waals surface area contributed by atoms with E-state index in [0.717, 1.165) is 38.9 Å². The van der Waals surface area contributed by atoms with Gasteiger partial charge in [0.1, 0.15) is 0 Å². The zero-order chi connectivity index (χ0) is 13.1. The first-order chi connectivity index (χ1) is 9.32. The molecule has 2 N–H and O–H groups in total. The molecule has 1 saturated heterocycles. The van der Waals surface area contributed by atoms with Gasteiger partial charge in [0.15, 0.2) is 0 Å². The summed E-state index contributed by atoms with van der Waals surface area (Å²) in [6.07, 6.45) is 3.41. The van der Waals surface area contributed by atoms with E-state index in [1.54, 1.807) is 0 Å². The van der Waals surface area contributed by atoms with Crippen molar-refractivity contribution in [2.24, 2.45) is 0 Å². The van der Waals surface area contributed by atoms with Crippen LogP contribution in [0.25, 0.3) is 0 Å². The van der Waals surface area contributed by atoms with E-state index in [9.17, 15) is 5.11 Å². The van der Waals surface area contributed by atoms with Crippen LogP contribution < -0.4 is 5.32 Å². The van der Waals surface area contributed by atoms with Crippen molar-refractivity contribution in [3.05, 3.63) is 35.4 Å². The monoisotopic (exact) mass is 260 g/mol. The van der Waals surface area contributed by atoms with Crippen molar-refractivity contribution >= 4 is 0 Å². The normalized spacial score (nSPS) is 22.4. The van der Waals surface area contributed by atoms with Gasteiger partial charge in [0, 0.05) is 38.1 Å². The number of aliphatic hydroxyl groups is 1. The molecule has 1 saturated carbocycles. The van der Waals surface area contributed by atoms with Crippen LogP contribution in [0.1, 0.15) is 24.0 Å². The van der Waals surface area contributed by atoms with Crippen molar-refractivity contribution in [2.45, 2.75) is 24.7 Å². The van der Waals surface area contributed by atoms with E-state index < -0.39 is 0 Å². The molecule has 1 aromatic rings. The second-order valence-electron chi connectivity index (χ2n) is 5.98. The Balaban J connectivity index is 1.60. The van der Waals surface area contributed by atoms with Crippen molar-refractivity contribution in [2.75, 3.05) is 39.3 Å². The average molecular weight is 260 g/mol. The van der Waals surface area contributed by atoms with Crippen LogP contribution in [0.5, 0.6) is 0 Å². The van der Waals surface area contributed by atoms with Crippen molar-refractivity contribution in [3.8, 4) is 0 Å². The van der Waals surface area contributed by atoms with Gasteiger partial charge in [-0.1, -0.05) is 24.3 Å². The summed E-state index contributed by atoms with van der Waals surface area (Å²) < 4.78 is 0. The lowest BCUT2D eigenvalue weighted by Gasteiger charge is -2.27. The summed E-state index contributed by atoms with van der Waals surface area (Å²) in [5.74, 6) is 0. The lowest BCUT2D eigenvalue weighted by molar-refractivity contribution is 0.243. The number of aliphatic hydroxyl groups excluding tert-OH is 1. The molecule has 0 bridgehead atoms. The van der Waals surface area contributed by atoms with Gasteiger partial charge in [-0.3, -0.25) is 0 Å². The average Bonchev–Trinajstić information content (AvgIpc) is 3.28. The van der Waals surface area contributed by atoms with Gasteiger partial charge < -0.3 is 15.3 Å². The van der Waals surface area contributed by atoms with Crippen LogP contribution >= 0.6 is 0 Å². The molecule has 2 aliphatic rings. The van der Waals surface area contributed by atoms with E-state index in [1.165, 1.54) is 24.2 Å². The molecule has 104 valence electrons. The molecule has 0 aromatic heterocycles. The predicted octanol–water partition coefficient (Wildman–Crippen LogP) is 1.16. The summed E-state index contributed by atoms with van der Waals surface area (Å²) in [4.78, 5) is 2.53. The zero-order valence-corrected chi connectivity index (χ0v) is 11.6. The number of nitrogens with zero attached hydrogens (tertiary/aromatic N) is 1. The predicted molar refractivity (Wildman–Crippen MR) is 77.5 cm³/mol. The highest BCUT2D eigenvalue weighted by Gasteiger charge is 2.43. The lowest BCUT2D eigenvalue weighted by atomic mass is 9.94. The molecule has 0 radical (unpaired) electrons. The van der Waals surface area contributed by atoms with Gasteiger partial charge in [0.25, 0.3) is 0 Å². The largest absolute Gasteiger partial charge is 0.395 e. The third-order valence-corrected chi connectivity index (χ3v) is 4.62. The number of nitrogens with one attached hydrogen (secondary N) is 1. The summed E-state index contributed by atoms with van der Waals surface area (Å²) in [6, 6.07) is 8.86. The van der Waals surface area contributed by atoms with Crippen molar-refractivity contribution in [1.82, 2.24) is 10.2 Å². The topological polar surface area (TPSA) is 35.5 Å². The molecule has 1 aliphatic carbocycles. The number of hydrogen-bond acceptors (Lipinski definition) is 3. The number of rotatable bonds is 5. The van der Waals surface area contributed by atoms with Gasteiger partial charge in [-0.25, -0.2) is 0 Å². The van der Waals surface area contributed by atoms with Crippen LogP contribution in [-0.4, -0.2) is 49.3 Å². The standard InChI is InChI=1S/C16H24N2O/c19-13-16(5-6-16)15-3-1-2-14(12-15)4-9-18-10-7-17-8-11-18/h1-3,12,17,19H,4-11,13H2. The van der Waals surface area contributed by atoms with E-state index in [1.807, 2.05) is 0 Å². The third-order valence-electron chi connectivity index (χ3n) is 4.62. The Hall–Kier alpha value is -0.900. The minimum Gasteiger partial charge on any atom is -0.395 e. The second kappa shape index (κ2) is 5.61. The van der Waals surface area contributed by atoms with E-state index in [2.05, 4.69) is 34.5 Å². The number of piperazine rings is 1. The summed E-state index contributed by atoms with van der Waals surface area (Å²) in [5, 5.41) is 12.9. The van der Waals surface area contributed by atoms with Gasteiger partial charge >= 0.3 is 0 Å². The summed E-state index contributed by atoms with van der Waals surface area (Å²) in [7, 11) is 0. The minimum absolute atomic E-state index is 0.102. The van der Waals surface area contributed by atoms with E-state index in [4.69, 9.17) is 0 Å². The molecule has 0 unspecified atom stereocenters. The molecule has 3 rings (SSSR count). The molecule has 3 nitrogen and oxygen atoms in total. The molecule has 0 spiro atoms. The molecule has 1 heterocycles. The van der Waals surface area contributed by atoms with Crippen LogP contribution in [0.2, 0.25) is 0 Å². The summed E-state index contributed by atoms with van der Waals surface area (Å²) in [5.41, 5.74) is 2.86.